The molecular formula is C14H19ClO2. The van der Waals surface area contributed by atoms with Crippen LogP contribution < -0.4 is 0 Å². The molecule has 0 aromatic rings. The topological polar surface area (TPSA) is 26.3 Å². The number of hydrogen-bond donors (Lipinski definition) is 0. The number of esters is 1. The predicted molar refractivity (Wildman–Crippen MR) is 68.6 cm³/mol. The lowest BCUT2D eigenvalue weighted by molar-refractivity contribution is -0.137. The van der Waals surface area contributed by atoms with E-state index in [9.17, 15) is 4.79 Å². The second-order valence-corrected chi connectivity index (χ2v) is 5.25. The molecule has 3 heteroatoms. The van der Waals surface area contributed by atoms with Crippen LogP contribution in [0.5, 0.6) is 0 Å². The smallest absolute Gasteiger partial charge is 0.330 e. The molecule has 94 valence electrons. The molecule has 0 radical (unpaired) electrons. The zero-order valence-electron chi connectivity index (χ0n) is 10.4. The van der Waals surface area contributed by atoms with Crippen molar-refractivity contribution in [2.45, 2.75) is 33.1 Å². The van der Waals surface area contributed by atoms with Gasteiger partial charge in [-0.05, 0) is 43.1 Å². The highest BCUT2D eigenvalue weighted by Gasteiger charge is 2.54. The zero-order chi connectivity index (χ0) is 12.4. The Kier molecular flexibility index (Phi) is 3.93. The minimum atomic E-state index is -0.277. The predicted octanol–water partition coefficient (Wildman–Crippen LogP) is 3.66. The normalized spacial score (nSPS) is 30.9. The fraction of sp³-hybridized carbons (Fsp3) is 0.643. The fourth-order valence-electron chi connectivity index (χ4n) is 2.97. The first-order valence-corrected chi connectivity index (χ1v) is 6.80. The van der Waals surface area contributed by atoms with Crippen molar-refractivity contribution in [1.29, 1.82) is 0 Å². The summed E-state index contributed by atoms with van der Waals surface area (Å²) in [7, 11) is 0. The number of carbonyl (C=O) groups excluding carboxylic acids is 1. The van der Waals surface area contributed by atoms with E-state index in [2.05, 4.69) is 6.92 Å². The highest BCUT2D eigenvalue weighted by molar-refractivity contribution is 6.30. The number of allylic oxidation sites excluding steroid dienone is 3. The van der Waals surface area contributed by atoms with E-state index in [4.69, 9.17) is 16.3 Å². The Morgan fingerprint density at radius 1 is 1.53 bits per heavy atom. The monoisotopic (exact) mass is 254 g/mol. The minimum Gasteiger partial charge on any atom is -0.463 e. The average Bonchev–Trinajstić information content (AvgIpc) is 2.83. The summed E-state index contributed by atoms with van der Waals surface area (Å²) in [6.45, 7) is 4.44. The number of halogens is 1. The molecule has 0 bridgehead atoms. The van der Waals surface area contributed by atoms with Gasteiger partial charge in [0.15, 0.2) is 0 Å². The van der Waals surface area contributed by atoms with Gasteiger partial charge in [-0.3, -0.25) is 0 Å². The van der Waals surface area contributed by atoms with Crippen molar-refractivity contribution in [2.75, 3.05) is 6.61 Å². The van der Waals surface area contributed by atoms with Crippen molar-refractivity contribution < 1.29 is 9.53 Å². The number of rotatable bonds is 5. The summed E-state index contributed by atoms with van der Waals surface area (Å²) < 4.78 is 4.87. The van der Waals surface area contributed by atoms with Crippen LogP contribution in [0.15, 0.2) is 22.8 Å². The van der Waals surface area contributed by atoms with Gasteiger partial charge in [0.05, 0.1) is 6.61 Å². The molecule has 0 spiro atoms. The molecule has 0 heterocycles. The molecule has 0 N–H and O–H groups in total. The van der Waals surface area contributed by atoms with Gasteiger partial charge in [0.2, 0.25) is 0 Å². The van der Waals surface area contributed by atoms with Crippen molar-refractivity contribution in [3.05, 3.63) is 22.8 Å². The Labute approximate surface area is 108 Å². The summed E-state index contributed by atoms with van der Waals surface area (Å²) in [6, 6.07) is 0. The largest absolute Gasteiger partial charge is 0.463 e. The summed E-state index contributed by atoms with van der Waals surface area (Å²) in [5.41, 5.74) is 1.17. The average molecular weight is 255 g/mol. The maximum Gasteiger partial charge on any atom is 0.330 e. The van der Waals surface area contributed by atoms with Gasteiger partial charge < -0.3 is 4.74 Å². The third-order valence-corrected chi connectivity index (χ3v) is 4.10. The van der Waals surface area contributed by atoms with Gasteiger partial charge in [-0.1, -0.05) is 31.0 Å². The van der Waals surface area contributed by atoms with Crippen molar-refractivity contribution in [3.63, 3.8) is 0 Å². The quantitative estimate of drug-likeness (QED) is 0.553. The van der Waals surface area contributed by atoms with Gasteiger partial charge in [-0.2, -0.15) is 0 Å². The Hall–Kier alpha value is -0.760. The Balaban J connectivity index is 1.96. The molecule has 2 aliphatic rings. The second kappa shape index (κ2) is 5.26. The standard InChI is InChI=1S/C14H19ClO2/c1-3-5-9-11-8-12(15)10(14(9)11)6-7-13(16)17-4-2/h6-7,9,11,14H,3-5,8H2,1-2H3/b7-6+/t9?,11-,14?/m1/s1. The van der Waals surface area contributed by atoms with Crippen LogP contribution in [0.3, 0.4) is 0 Å². The van der Waals surface area contributed by atoms with Crippen LogP contribution in [-0.4, -0.2) is 12.6 Å². The molecule has 2 rings (SSSR count). The Bertz CT molecular complexity index is 370. The summed E-state index contributed by atoms with van der Waals surface area (Å²) in [4.78, 5) is 11.3. The molecular weight excluding hydrogens is 236 g/mol. The molecule has 1 saturated carbocycles. The van der Waals surface area contributed by atoms with Crippen LogP contribution in [0.2, 0.25) is 0 Å². The molecule has 3 atom stereocenters. The number of ether oxygens (including phenoxy) is 1. The number of carbonyl (C=O) groups is 1. The molecule has 0 saturated heterocycles. The van der Waals surface area contributed by atoms with Crippen LogP contribution in [0.4, 0.5) is 0 Å². The molecule has 2 unspecified atom stereocenters. The summed E-state index contributed by atoms with van der Waals surface area (Å²) in [5.74, 6) is 1.86. The summed E-state index contributed by atoms with van der Waals surface area (Å²) >= 11 is 6.21. The first kappa shape index (κ1) is 12.7. The molecule has 0 amide bonds. The molecule has 0 aromatic carbocycles. The summed E-state index contributed by atoms with van der Waals surface area (Å²) in [6.07, 6.45) is 6.87. The maximum absolute atomic E-state index is 11.3. The van der Waals surface area contributed by atoms with Crippen LogP contribution in [0, 0.1) is 17.8 Å². The van der Waals surface area contributed by atoms with Crippen molar-refractivity contribution >= 4 is 17.6 Å². The molecule has 17 heavy (non-hydrogen) atoms. The third kappa shape index (κ3) is 2.57. The van der Waals surface area contributed by atoms with E-state index in [-0.39, 0.29) is 5.97 Å². The Morgan fingerprint density at radius 3 is 2.94 bits per heavy atom. The van der Waals surface area contributed by atoms with Gasteiger partial charge in [-0.25, -0.2) is 4.79 Å². The van der Waals surface area contributed by atoms with E-state index in [1.165, 1.54) is 24.5 Å². The van der Waals surface area contributed by atoms with Crippen molar-refractivity contribution in [1.82, 2.24) is 0 Å². The van der Waals surface area contributed by atoms with E-state index >= 15 is 0 Å². The van der Waals surface area contributed by atoms with E-state index in [0.29, 0.717) is 12.5 Å². The molecule has 1 fully saturated rings. The minimum absolute atomic E-state index is 0.277. The highest BCUT2D eigenvalue weighted by atomic mass is 35.5. The Morgan fingerprint density at radius 2 is 2.29 bits per heavy atom. The lowest BCUT2D eigenvalue weighted by Gasteiger charge is -2.04. The fourth-order valence-corrected chi connectivity index (χ4v) is 3.33. The van der Waals surface area contributed by atoms with Gasteiger partial charge in [0.25, 0.3) is 0 Å². The zero-order valence-corrected chi connectivity index (χ0v) is 11.2. The molecule has 2 aliphatic carbocycles. The number of hydrogen-bond acceptors (Lipinski definition) is 2. The van der Waals surface area contributed by atoms with Gasteiger partial charge in [-0.15, -0.1) is 0 Å². The van der Waals surface area contributed by atoms with E-state index < -0.39 is 0 Å². The van der Waals surface area contributed by atoms with Gasteiger partial charge in [0, 0.05) is 11.1 Å². The summed E-state index contributed by atoms with van der Waals surface area (Å²) in [5, 5.41) is 0.938. The molecule has 2 nitrogen and oxygen atoms in total. The highest BCUT2D eigenvalue weighted by Crippen LogP contribution is 2.62. The SMILES string of the molecule is CCCC1C2C(/C=C/C(=O)OCC)=C(Cl)C[C@H]12. The van der Waals surface area contributed by atoms with Crippen LogP contribution in [0.25, 0.3) is 0 Å². The van der Waals surface area contributed by atoms with Crippen molar-refractivity contribution in [3.8, 4) is 0 Å². The first-order valence-electron chi connectivity index (χ1n) is 6.42. The van der Waals surface area contributed by atoms with E-state index in [1.54, 1.807) is 0 Å². The third-order valence-electron chi connectivity index (χ3n) is 3.73. The maximum atomic E-state index is 11.3. The van der Waals surface area contributed by atoms with Crippen LogP contribution >= 0.6 is 11.6 Å². The van der Waals surface area contributed by atoms with E-state index in [1.807, 2.05) is 13.0 Å². The second-order valence-electron chi connectivity index (χ2n) is 4.79. The lowest BCUT2D eigenvalue weighted by atomic mass is 10.1. The van der Waals surface area contributed by atoms with Crippen LogP contribution in [0.1, 0.15) is 33.1 Å². The number of fused-ring (bicyclic) bond motifs is 1. The van der Waals surface area contributed by atoms with E-state index in [0.717, 1.165) is 23.3 Å². The van der Waals surface area contributed by atoms with Gasteiger partial charge in [0.1, 0.15) is 0 Å². The first-order chi connectivity index (χ1) is 8.19. The van der Waals surface area contributed by atoms with Crippen molar-refractivity contribution in [2.24, 2.45) is 17.8 Å². The lowest BCUT2D eigenvalue weighted by Crippen LogP contribution is -1.99. The molecule has 0 aromatic heterocycles. The van der Waals surface area contributed by atoms with Gasteiger partial charge >= 0.3 is 5.97 Å². The molecule has 0 aliphatic heterocycles. The van der Waals surface area contributed by atoms with Crippen LogP contribution in [-0.2, 0) is 9.53 Å².